The Morgan fingerprint density at radius 1 is 1.05 bits per heavy atom. The lowest BCUT2D eigenvalue weighted by molar-refractivity contribution is 1.33. The molecule has 4 heteroatoms. The molecule has 1 N–H and O–H groups in total. The molecule has 0 amide bonds. The Morgan fingerprint density at radius 2 is 1.85 bits per heavy atom. The first-order valence-electron chi connectivity index (χ1n) is 6.26. The highest BCUT2D eigenvalue weighted by atomic mass is 79.9. The maximum atomic E-state index is 4.05. The molecule has 20 heavy (non-hydrogen) atoms. The van der Waals surface area contributed by atoms with E-state index in [1.807, 2.05) is 24.5 Å². The molecule has 1 aromatic carbocycles. The van der Waals surface area contributed by atoms with Crippen molar-refractivity contribution < 1.29 is 0 Å². The molecule has 0 bridgehead atoms. The zero-order valence-corrected chi connectivity index (χ0v) is 13.3. The van der Waals surface area contributed by atoms with Crippen LogP contribution >= 0.6 is 27.3 Å². The maximum absolute atomic E-state index is 4.05. The van der Waals surface area contributed by atoms with Gasteiger partial charge in [0.25, 0.3) is 0 Å². The monoisotopic (exact) mass is 344 g/mol. The van der Waals surface area contributed by atoms with Crippen molar-refractivity contribution in [2.45, 2.75) is 6.92 Å². The van der Waals surface area contributed by atoms with Crippen molar-refractivity contribution in [2.75, 3.05) is 5.32 Å². The number of pyridine rings is 1. The van der Waals surface area contributed by atoms with Crippen LogP contribution in [0.15, 0.2) is 59.3 Å². The Labute approximate surface area is 130 Å². The molecule has 0 aliphatic rings. The van der Waals surface area contributed by atoms with E-state index in [2.05, 4.69) is 63.5 Å². The SMILES string of the molecule is Cc1ccc(Nc2ccc(-c3ccncc3)s2)c(Br)c1. The summed E-state index contributed by atoms with van der Waals surface area (Å²) in [6, 6.07) is 14.6. The summed E-state index contributed by atoms with van der Waals surface area (Å²) in [5.74, 6) is 0. The van der Waals surface area contributed by atoms with E-state index in [1.165, 1.54) is 16.0 Å². The molecule has 2 heterocycles. The van der Waals surface area contributed by atoms with Gasteiger partial charge in [-0.3, -0.25) is 4.98 Å². The van der Waals surface area contributed by atoms with Crippen molar-refractivity contribution in [3.8, 4) is 10.4 Å². The summed E-state index contributed by atoms with van der Waals surface area (Å²) in [6.45, 7) is 2.08. The molecular formula is C16H13BrN2S. The largest absolute Gasteiger partial charge is 0.346 e. The number of hydrogen-bond acceptors (Lipinski definition) is 3. The first kappa shape index (κ1) is 13.3. The van der Waals surface area contributed by atoms with E-state index >= 15 is 0 Å². The number of benzene rings is 1. The van der Waals surface area contributed by atoms with E-state index < -0.39 is 0 Å². The van der Waals surface area contributed by atoms with E-state index in [1.54, 1.807) is 11.3 Å². The molecule has 0 aliphatic heterocycles. The van der Waals surface area contributed by atoms with Gasteiger partial charge in [0.1, 0.15) is 0 Å². The second-order valence-corrected chi connectivity index (χ2v) is 6.45. The van der Waals surface area contributed by atoms with Gasteiger partial charge in [0.15, 0.2) is 0 Å². The molecule has 2 nitrogen and oxygen atoms in total. The van der Waals surface area contributed by atoms with Crippen molar-refractivity contribution in [3.05, 3.63) is 64.9 Å². The van der Waals surface area contributed by atoms with Crippen LogP contribution < -0.4 is 5.32 Å². The molecule has 0 fully saturated rings. The Balaban J connectivity index is 1.84. The van der Waals surface area contributed by atoms with Gasteiger partial charge in [-0.2, -0.15) is 0 Å². The fraction of sp³-hybridized carbons (Fsp3) is 0.0625. The summed E-state index contributed by atoms with van der Waals surface area (Å²) in [4.78, 5) is 5.28. The standard InChI is InChI=1S/C16H13BrN2S/c1-11-2-3-14(13(17)10-11)19-16-5-4-15(20-16)12-6-8-18-9-7-12/h2-10,19H,1H3. The highest BCUT2D eigenvalue weighted by Crippen LogP contribution is 2.34. The predicted molar refractivity (Wildman–Crippen MR) is 89.7 cm³/mol. The van der Waals surface area contributed by atoms with Crippen molar-refractivity contribution in [3.63, 3.8) is 0 Å². The molecule has 0 saturated carbocycles. The number of rotatable bonds is 3. The number of nitrogens with one attached hydrogen (secondary N) is 1. The molecule has 0 aliphatic carbocycles. The Bertz CT molecular complexity index is 722. The number of aromatic nitrogens is 1. The lowest BCUT2D eigenvalue weighted by Crippen LogP contribution is -1.88. The molecule has 0 saturated heterocycles. The molecule has 3 rings (SSSR count). The first-order valence-corrected chi connectivity index (χ1v) is 7.87. The highest BCUT2D eigenvalue weighted by molar-refractivity contribution is 9.10. The van der Waals surface area contributed by atoms with Gasteiger partial charge < -0.3 is 5.32 Å². The number of hydrogen-bond donors (Lipinski definition) is 1. The zero-order valence-electron chi connectivity index (χ0n) is 10.9. The summed E-state index contributed by atoms with van der Waals surface area (Å²) in [7, 11) is 0. The smallest absolute Gasteiger partial charge is 0.0933 e. The second-order valence-electron chi connectivity index (χ2n) is 4.51. The third-order valence-corrected chi connectivity index (χ3v) is 4.66. The Hall–Kier alpha value is -1.65. The first-order chi connectivity index (χ1) is 9.72. The Morgan fingerprint density at radius 3 is 2.60 bits per heavy atom. The molecule has 2 aromatic heterocycles. The van der Waals surface area contributed by atoms with Crippen molar-refractivity contribution >= 4 is 38.0 Å². The van der Waals surface area contributed by atoms with Gasteiger partial charge in [0, 0.05) is 21.7 Å². The van der Waals surface area contributed by atoms with Crippen LogP contribution in [0.3, 0.4) is 0 Å². The van der Waals surface area contributed by atoms with Crippen molar-refractivity contribution in [1.82, 2.24) is 4.98 Å². The van der Waals surface area contributed by atoms with Crippen LogP contribution in [0, 0.1) is 6.92 Å². The third-order valence-electron chi connectivity index (χ3n) is 2.95. The van der Waals surface area contributed by atoms with Crippen LogP contribution in [-0.4, -0.2) is 4.98 Å². The van der Waals surface area contributed by atoms with Gasteiger partial charge in [0.2, 0.25) is 0 Å². The third kappa shape index (κ3) is 2.92. The van der Waals surface area contributed by atoms with Gasteiger partial charge in [-0.05, 0) is 70.4 Å². The Kier molecular flexibility index (Phi) is 3.85. The van der Waals surface area contributed by atoms with Crippen LogP contribution in [0.2, 0.25) is 0 Å². The lowest BCUT2D eigenvalue weighted by atomic mass is 10.2. The molecule has 3 aromatic rings. The summed E-state index contributed by atoms with van der Waals surface area (Å²) < 4.78 is 1.08. The van der Waals surface area contributed by atoms with E-state index in [0.717, 1.165) is 15.2 Å². The van der Waals surface area contributed by atoms with Gasteiger partial charge in [-0.25, -0.2) is 0 Å². The summed E-state index contributed by atoms with van der Waals surface area (Å²) >= 11 is 5.32. The average molecular weight is 345 g/mol. The van der Waals surface area contributed by atoms with E-state index in [4.69, 9.17) is 0 Å². The van der Waals surface area contributed by atoms with Crippen molar-refractivity contribution in [1.29, 1.82) is 0 Å². The zero-order chi connectivity index (χ0) is 13.9. The van der Waals surface area contributed by atoms with Gasteiger partial charge in [-0.15, -0.1) is 11.3 Å². The molecule has 0 spiro atoms. The van der Waals surface area contributed by atoms with Crippen LogP contribution in [0.5, 0.6) is 0 Å². The fourth-order valence-electron chi connectivity index (χ4n) is 1.93. The maximum Gasteiger partial charge on any atom is 0.0933 e. The predicted octanol–water partition coefficient (Wildman–Crippen LogP) is 5.62. The van der Waals surface area contributed by atoms with Crippen LogP contribution in [0.1, 0.15) is 5.56 Å². The number of halogens is 1. The minimum Gasteiger partial charge on any atom is -0.346 e. The lowest BCUT2D eigenvalue weighted by Gasteiger charge is -2.06. The second kappa shape index (κ2) is 5.77. The number of nitrogens with zero attached hydrogens (tertiary/aromatic N) is 1. The van der Waals surface area contributed by atoms with Crippen LogP contribution in [0.4, 0.5) is 10.7 Å². The minimum atomic E-state index is 1.08. The molecular weight excluding hydrogens is 332 g/mol. The van der Waals surface area contributed by atoms with E-state index in [0.29, 0.717) is 0 Å². The molecule has 0 radical (unpaired) electrons. The summed E-state index contributed by atoms with van der Waals surface area (Å²) in [5, 5.41) is 4.57. The number of aryl methyl sites for hydroxylation is 1. The van der Waals surface area contributed by atoms with Gasteiger partial charge in [-0.1, -0.05) is 6.07 Å². The van der Waals surface area contributed by atoms with E-state index in [9.17, 15) is 0 Å². The number of anilines is 2. The average Bonchev–Trinajstić information content (AvgIpc) is 2.92. The topological polar surface area (TPSA) is 24.9 Å². The van der Waals surface area contributed by atoms with Crippen LogP contribution in [0.25, 0.3) is 10.4 Å². The van der Waals surface area contributed by atoms with E-state index in [-0.39, 0.29) is 0 Å². The number of thiophene rings is 1. The summed E-state index contributed by atoms with van der Waals surface area (Å²) in [5.41, 5.74) is 3.52. The minimum absolute atomic E-state index is 1.08. The van der Waals surface area contributed by atoms with Gasteiger partial charge >= 0.3 is 0 Å². The normalized spacial score (nSPS) is 10.5. The van der Waals surface area contributed by atoms with Crippen molar-refractivity contribution in [2.24, 2.45) is 0 Å². The summed E-state index contributed by atoms with van der Waals surface area (Å²) in [6.07, 6.45) is 3.64. The molecule has 100 valence electrons. The van der Waals surface area contributed by atoms with Gasteiger partial charge in [0.05, 0.1) is 10.7 Å². The fourth-order valence-corrected chi connectivity index (χ4v) is 3.45. The quantitative estimate of drug-likeness (QED) is 0.666. The highest BCUT2D eigenvalue weighted by Gasteiger charge is 2.05. The molecule has 0 unspecified atom stereocenters. The molecule has 0 atom stereocenters. The van der Waals surface area contributed by atoms with Crippen LogP contribution in [-0.2, 0) is 0 Å².